The Morgan fingerprint density at radius 1 is 0.837 bits per heavy atom. The Balaban J connectivity index is 1.26. The largest absolute Gasteiger partial charge is 0.321 e. The third kappa shape index (κ3) is 8.31. The van der Waals surface area contributed by atoms with Gasteiger partial charge in [-0.05, 0) is 64.6 Å². The smallest absolute Gasteiger partial charge is 0.272 e. The van der Waals surface area contributed by atoms with Crippen LogP contribution >= 0.6 is 35.1 Å². The first kappa shape index (κ1) is 30.0. The van der Waals surface area contributed by atoms with Gasteiger partial charge in [0.15, 0.2) is 0 Å². The summed E-state index contributed by atoms with van der Waals surface area (Å²) in [5.74, 6) is 0.0330. The van der Waals surface area contributed by atoms with Crippen molar-refractivity contribution in [1.29, 1.82) is 0 Å². The summed E-state index contributed by atoms with van der Waals surface area (Å²) >= 11 is 4.04. The summed E-state index contributed by atoms with van der Waals surface area (Å²) in [5.41, 5.74) is 1.90. The van der Waals surface area contributed by atoms with Crippen molar-refractivity contribution in [3.05, 3.63) is 114 Å². The number of anilines is 2. The molecular weight excluding hydrogens is 599 g/mol. The lowest BCUT2D eigenvalue weighted by molar-refractivity contribution is -0.114. The van der Waals surface area contributed by atoms with E-state index in [-0.39, 0.29) is 23.3 Å². The van der Waals surface area contributed by atoms with Gasteiger partial charge in [-0.3, -0.25) is 19.7 Å². The first-order valence-electron chi connectivity index (χ1n) is 13.3. The maximum Gasteiger partial charge on any atom is 0.272 e. The Hall–Kier alpha value is -4.45. The lowest BCUT2D eigenvalue weighted by atomic mass is 10.0. The molecule has 0 unspecified atom stereocenters. The molecule has 0 spiro atoms. The summed E-state index contributed by atoms with van der Waals surface area (Å²) in [4.78, 5) is 44.0. The molecular formula is C32H27N5O3S3. The van der Waals surface area contributed by atoms with Gasteiger partial charge in [0.2, 0.25) is 16.2 Å². The van der Waals surface area contributed by atoms with Crippen molar-refractivity contribution in [3.63, 3.8) is 0 Å². The van der Waals surface area contributed by atoms with E-state index in [1.54, 1.807) is 42.5 Å². The van der Waals surface area contributed by atoms with Crippen molar-refractivity contribution < 1.29 is 14.4 Å². The van der Waals surface area contributed by atoms with E-state index in [9.17, 15) is 14.4 Å². The van der Waals surface area contributed by atoms with E-state index in [4.69, 9.17) is 0 Å². The van der Waals surface area contributed by atoms with E-state index in [0.717, 1.165) is 38.5 Å². The normalized spacial score (nSPS) is 11.2. The summed E-state index contributed by atoms with van der Waals surface area (Å²) < 4.78 is 4.20. The summed E-state index contributed by atoms with van der Waals surface area (Å²) in [6.07, 6.45) is 1.68. The van der Waals surface area contributed by atoms with Gasteiger partial charge in [-0.25, -0.2) is 0 Å². The molecule has 8 nitrogen and oxygen atoms in total. The van der Waals surface area contributed by atoms with Gasteiger partial charge < -0.3 is 10.6 Å². The second kappa shape index (κ2) is 14.6. The zero-order chi connectivity index (χ0) is 30.0. The van der Waals surface area contributed by atoms with E-state index < -0.39 is 5.91 Å². The van der Waals surface area contributed by atoms with Gasteiger partial charge in [0.25, 0.3) is 11.8 Å². The van der Waals surface area contributed by atoms with Crippen LogP contribution in [-0.2, 0) is 9.59 Å². The minimum absolute atomic E-state index is 0.109. The Labute approximate surface area is 261 Å². The Morgan fingerprint density at radius 2 is 1.58 bits per heavy atom. The molecule has 43 heavy (non-hydrogen) atoms. The molecule has 0 bridgehead atoms. The van der Waals surface area contributed by atoms with Crippen molar-refractivity contribution in [1.82, 2.24) is 14.7 Å². The standard InChI is InChI=1S/C32H27N5O3S3/c1-2-41-32-36-31(43-37-32)35-28(38)20-42-25-17-15-24(16-18-25)33-30(40)27(34-29(39)22-10-4-3-5-11-22)19-23-13-8-12-21-9-6-7-14-26(21)23/h3-19H,2,20H2,1H3,(H,33,40)(H,34,39)(H,35,36,37,38)/b27-19-. The Kier molecular flexibility index (Phi) is 10.2. The van der Waals surface area contributed by atoms with Crippen LogP contribution < -0.4 is 16.0 Å². The lowest BCUT2D eigenvalue weighted by Crippen LogP contribution is -2.30. The average molecular weight is 626 g/mol. The highest BCUT2D eigenvalue weighted by atomic mass is 32.2. The maximum absolute atomic E-state index is 13.5. The van der Waals surface area contributed by atoms with E-state index in [1.807, 2.05) is 67.6 Å². The molecule has 0 saturated carbocycles. The van der Waals surface area contributed by atoms with Crippen LogP contribution in [0.25, 0.3) is 16.8 Å². The molecule has 0 aliphatic carbocycles. The number of carbonyl (C=O) groups excluding carboxylic acids is 3. The monoisotopic (exact) mass is 625 g/mol. The van der Waals surface area contributed by atoms with Crippen LogP contribution in [0.15, 0.2) is 113 Å². The summed E-state index contributed by atoms with van der Waals surface area (Å²) in [6, 6.07) is 29.6. The van der Waals surface area contributed by atoms with Crippen LogP contribution in [0.2, 0.25) is 0 Å². The van der Waals surface area contributed by atoms with Crippen molar-refractivity contribution in [2.75, 3.05) is 22.1 Å². The number of thioether (sulfide) groups is 2. The lowest BCUT2D eigenvalue weighted by Gasteiger charge is -2.12. The van der Waals surface area contributed by atoms with Crippen molar-refractivity contribution in [2.45, 2.75) is 17.0 Å². The van der Waals surface area contributed by atoms with Gasteiger partial charge in [0.05, 0.1) is 5.75 Å². The number of benzene rings is 4. The fourth-order valence-electron chi connectivity index (χ4n) is 4.06. The van der Waals surface area contributed by atoms with E-state index >= 15 is 0 Å². The number of amides is 3. The Bertz CT molecular complexity index is 1770. The van der Waals surface area contributed by atoms with Crippen molar-refractivity contribution in [3.8, 4) is 0 Å². The molecule has 5 rings (SSSR count). The minimum atomic E-state index is -0.463. The van der Waals surface area contributed by atoms with Crippen molar-refractivity contribution in [2.24, 2.45) is 0 Å². The minimum Gasteiger partial charge on any atom is -0.321 e. The number of fused-ring (bicyclic) bond motifs is 1. The van der Waals surface area contributed by atoms with Crippen molar-refractivity contribution >= 4 is 80.4 Å². The first-order valence-corrected chi connectivity index (χ1v) is 16.1. The molecule has 0 atom stereocenters. The van der Waals surface area contributed by atoms with E-state index in [1.165, 1.54) is 23.5 Å². The van der Waals surface area contributed by atoms with Gasteiger partial charge >= 0.3 is 0 Å². The SMILES string of the molecule is CCSc1nsc(NC(=O)CSc2ccc(NC(=O)/C(=C/c3cccc4ccccc34)NC(=O)c3ccccc3)cc2)n1. The number of nitrogens with one attached hydrogen (secondary N) is 3. The van der Waals surface area contributed by atoms with Crippen LogP contribution in [0.1, 0.15) is 22.8 Å². The molecule has 3 amide bonds. The first-order chi connectivity index (χ1) is 21.0. The van der Waals surface area contributed by atoms with E-state index in [2.05, 4.69) is 25.3 Å². The molecule has 5 aromatic rings. The molecule has 3 N–H and O–H groups in total. The van der Waals surface area contributed by atoms with Gasteiger partial charge in [0, 0.05) is 27.7 Å². The Morgan fingerprint density at radius 3 is 2.37 bits per heavy atom. The molecule has 1 heterocycles. The second-order valence-electron chi connectivity index (χ2n) is 9.08. The third-order valence-corrected chi connectivity index (χ3v) is 8.55. The molecule has 0 saturated heterocycles. The topological polar surface area (TPSA) is 113 Å². The fourth-order valence-corrected chi connectivity index (χ4v) is 6.04. The highest BCUT2D eigenvalue weighted by Crippen LogP contribution is 2.24. The average Bonchev–Trinajstić information content (AvgIpc) is 3.47. The molecule has 0 aliphatic heterocycles. The molecule has 216 valence electrons. The van der Waals surface area contributed by atoms with Gasteiger partial charge in [-0.15, -0.1) is 11.8 Å². The highest BCUT2D eigenvalue weighted by Gasteiger charge is 2.16. The number of nitrogens with zero attached hydrogens (tertiary/aromatic N) is 2. The predicted octanol–water partition coefficient (Wildman–Crippen LogP) is 6.94. The third-order valence-electron chi connectivity index (χ3n) is 6.06. The number of rotatable bonds is 11. The highest BCUT2D eigenvalue weighted by molar-refractivity contribution is 8.00. The van der Waals surface area contributed by atoms with Crippen LogP contribution in [0.5, 0.6) is 0 Å². The molecule has 0 aliphatic rings. The quantitative estimate of drug-likeness (QED) is 0.108. The van der Waals surface area contributed by atoms with Crippen LogP contribution in [0.3, 0.4) is 0 Å². The number of carbonyl (C=O) groups is 3. The molecule has 0 radical (unpaired) electrons. The predicted molar refractivity (Wildman–Crippen MR) is 177 cm³/mol. The molecule has 0 fully saturated rings. The zero-order valence-electron chi connectivity index (χ0n) is 23.1. The zero-order valence-corrected chi connectivity index (χ0v) is 25.5. The fraction of sp³-hybridized carbons (Fsp3) is 0.0938. The second-order valence-corrected chi connectivity index (χ2v) is 12.1. The summed E-state index contributed by atoms with van der Waals surface area (Å²) in [5, 5.41) is 11.6. The summed E-state index contributed by atoms with van der Waals surface area (Å²) in [6.45, 7) is 2.02. The van der Waals surface area contributed by atoms with Crippen LogP contribution in [0, 0.1) is 0 Å². The molecule has 1 aromatic heterocycles. The summed E-state index contributed by atoms with van der Waals surface area (Å²) in [7, 11) is 0. The van der Waals surface area contributed by atoms with Gasteiger partial charge in [-0.2, -0.15) is 9.36 Å². The number of aromatic nitrogens is 2. The van der Waals surface area contributed by atoms with Gasteiger partial charge in [-0.1, -0.05) is 79.3 Å². The van der Waals surface area contributed by atoms with E-state index in [0.29, 0.717) is 21.5 Å². The van der Waals surface area contributed by atoms with Crippen LogP contribution in [-0.4, -0.2) is 38.6 Å². The van der Waals surface area contributed by atoms with Crippen LogP contribution in [0.4, 0.5) is 10.8 Å². The number of hydrogen-bond donors (Lipinski definition) is 3. The molecule has 4 aromatic carbocycles. The van der Waals surface area contributed by atoms with Gasteiger partial charge in [0.1, 0.15) is 5.70 Å². The maximum atomic E-state index is 13.5. The number of hydrogen-bond acceptors (Lipinski definition) is 8. The molecule has 11 heteroatoms.